The molecule has 0 aliphatic rings. The first kappa shape index (κ1) is 34.2. The summed E-state index contributed by atoms with van der Waals surface area (Å²) in [6.45, 7) is 7.56. The van der Waals surface area contributed by atoms with Crippen LogP contribution < -0.4 is 23.8 Å². The molecule has 0 fully saturated rings. The number of nitrogens with one attached hydrogen (secondary N) is 1. The van der Waals surface area contributed by atoms with Crippen molar-refractivity contribution < 1.29 is 32.2 Å². The van der Waals surface area contributed by atoms with Crippen molar-refractivity contribution in [1.29, 1.82) is 0 Å². The fourth-order valence-electron chi connectivity index (χ4n) is 4.61. The predicted molar refractivity (Wildman–Crippen MR) is 171 cm³/mol. The van der Waals surface area contributed by atoms with Crippen molar-refractivity contribution in [3.05, 3.63) is 77.9 Å². The molecule has 10 nitrogen and oxygen atoms in total. The van der Waals surface area contributed by atoms with Gasteiger partial charge < -0.3 is 24.4 Å². The third-order valence-corrected chi connectivity index (χ3v) is 8.90. The average Bonchev–Trinajstić information content (AvgIpc) is 3.02. The third kappa shape index (κ3) is 8.43. The topological polar surface area (TPSA) is 114 Å². The summed E-state index contributed by atoms with van der Waals surface area (Å²) in [6, 6.07) is 17.4. The third-order valence-electron chi connectivity index (χ3n) is 7.12. The van der Waals surface area contributed by atoms with Gasteiger partial charge in [0.25, 0.3) is 10.0 Å². The molecule has 0 aliphatic carbocycles. The molecule has 238 valence electrons. The van der Waals surface area contributed by atoms with E-state index in [1.54, 1.807) is 43.5 Å². The van der Waals surface area contributed by atoms with Crippen LogP contribution >= 0.6 is 0 Å². The van der Waals surface area contributed by atoms with Gasteiger partial charge in [0.2, 0.25) is 11.8 Å². The molecule has 0 heterocycles. The zero-order valence-electron chi connectivity index (χ0n) is 26.5. The Bertz CT molecular complexity index is 1510. The maximum Gasteiger partial charge on any atom is 0.264 e. The summed E-state index contributed by atoms with van der Waals surface area (Å²) in [5.41, 5.74) is 1.76. The van der Waals surface area contributed by atoms with E-state index < -0.39 is 28.5 Å². The van der Waals surface area contributed by atoms with Crippen LogP contribution in [0.25, 0.3) is 0 Å². The number of ether oxygens (including phenoxy) is 3. The Morgan fingerprint density at radius 2 is 1.48 bits per heavy atom. The molecule has 2 amide bonds. The lowest BCUT2D eigenvalue weighted by Crippen LogP contribution is -2.52. The normalized spacial score (nSPS) is 11.9. The minimum absolute atomic E-state index is 0.00388. The Hall–Kier alpha value is -4.25. The number of carbonyl (C=O) groups excluding carboxylic acids is 2. The number of aryl methyl sites for hydroxylation is 1. The molecule has 0 aliphatic heterocycles. The number of sulfonamides is 1. The van der Waals surface area contributed by atoms with Crippen molar-refractivity contribution in [2.24, 2.45) is 5.92 Å². The molecular formula is C33H43N3O7S. The molecule has 0 radical (unpaired) electrons. The van der Waals surface area contributed by atoms with E-state index in [-0.39, 0.29) is 34.7 Å². The van der Waals surface area contributed by atoms with Crippen LogP contribution in [0.3, 0.4) is 0 Å². The highest BCUT2D eigenvalue weighted by Gasteiger charge is 2.35. The summed E-state index contributed by atoms with van der Waals surface area (Å²) < 4.78 is 45.6. The number of benzene rings is 3. The maximum atomic E-state index is 14.3. The van der Waals surface area contributed by atoms with Gasteiger partial charge in [-0.25, -0.2) is 8.42 Å². The van der Waals surface area contributed by atoms with E-state index in [2.05, 4.69) is 5.32 Å². The number of methoxy groups -OCH3 is 3. The molecule has 0 bridgehead atoms. The number of rotatable bonds is 15. The van der Waals surface area contributed by atoms with Crippen molar-refractivity contribution in [2.75, 3.05) is 38.7 Å². The summed E-state index contributed by atoms with van der Waals surface area (Å²) >= 11 is 0. The molecule has 3 aromatic rings. The van der Waals surface area contributed by atoms with Crippen molar-refractivity contribution >= 4 is 27.5 Å². The van der Waals surface area contributed by atoms with Crippen LogP contribution in [0.1, 0.15) is 38.3 Å². The Labute approximate surface area is 261 Å². The highest BCUT2D eigenvalue weighted by Crippen LogP contribution is 2.36. The van der Waals surface area contributed by atoms with Crippen LogP contribution in [0.5, 0.6) is 17.2 Å². The number of hydrogen-bond donors (Lipinski definition) is 1. The van der Waals surface area contributed by atoms with E-state index in [1.807, 2.05) is 39.8 Å². The molecule has 11 heteroatoms. The Balaban J connectivity index is 2.13. The Morgan fingerprint density at radius 1 is 0.864 bits per heavy atom. The van der Waals surface area contributed by atoms with Gasteiger partial charge >= 0.3 is 0 Å². The minimum atomic E-state index is -4.28. The number of hydrogen-bond acceptors (Lipinski definition) is 7. The summed E-state index contributed by atoms with van der Waals surface area (Å²) in [4.78, 5) is 29.2. The summed E-state index contributed by atoms with van der Waals surface area (Å²) in [6.07, 6.45) is 0.318. The second-order valence-corrected chi connectivity index (χ2v) is 12.7. The van der Waals surface area contributed by atoms with Gasteiger partial charge in [0.05, 0.1) is 31.9 Å². The number of amides is 2. The van der Waals surface area contributed by atoms with Gasteiger partial charge in [-0.05, 0) is 61.2 Å². The van der Waals surface area contributed by atoms with E-state index in [4.69, 9.17) is 14.2 Å². The zero-order valence-corrected chi connectivity index (χ0v) is 27.3. The maximum absolute atomic E-state index is 14.3. The second kappa shape index (κ2) is 15.5. The lowest BCUT2D eigenvalue weighted by molar-refractivity contribution is -0.140. The quantitative estimate of drug-likeness (QED) is 0.258. The zero-order chi connectivity index (χ0) is 32.4. The van der Waals surface area contributed by atoms with Crippen molar-refractivity contribution in [1.82, 2.24) is 10.2 Å². The molecule has 3 rings (SSSR count). The lowest BCUT2D eigenvalue weighted by Gasteiger charge is -2.33. The molecule has 0 unspecified atom stereocenters. The number of carbonyl (C=O) groups is 2. The van der Waals surface area contributed by atoms with E-state index in [9.17, 15) is 18.0 Å². The monoisotopic (exact) mass is 625 g/mol. The highest BCUT2D eigenvalue weighted by molar-refractivity contribution is 7.92. The number of nitrogens with zero attached hydrogens (tertiary/aromatic N) is 2. The molecule has 0 saturated carbocycles. The van der Waals surface area contributed by atoms with Gasteiger partial charge in [-0.3, -0.25) is 13.9 Å². The smallest absolute Gasteiger partial charge is 0.264 e. The summed E-state index contributed by atoms with van der Waals surface area (Å²) in [5.74, 6) is 0.597. The molecule has 44 heavy (non-hydrogen) atoms. The summed E-state index contributed by atoms with van der Waals surface area (Å²) in [7, 11) is 0.171. The van der Waals surface area contributed by atoms with Crippen LogP contribution in [0.15, 0.2) is 71.6 Å². The molecule has 0 saturated heterocycles. The van der Waals surface area contributed by atoms with Gasteiger partial charge in [0.15, 0.2) is 0 Å². The molecule has 3 aromatic carbocycles. The van der Waals surface area contributed by atoms with Crippen molar-refractivity contribution in [2.45, 2.75) is 51.6 Å². The van der Waals surface area contributed by atoms with Crippen molar-refractivity contribution in [3.63, 3.8) is 0 Å². The minimum Gasteiger partial charge on any atom is -0.497 e. The van der Waals surface area contributed by atoms with Crippen LogP contribution in [0.4, 0.5) is 5.69 Å². The molecule has 0 aromatic heterocycles. The summed E-state index contributed by atoms with van der Waals surface area (Å²) in [5, 5.41) is 2.93. The van der Waals surface area contributed by atoms with Gasteiger partial charge in [0, 0.05) is 19.2 Å². The predicted octanol–water partition coefficient (Wildman–Crippen LogP) is 4.80. The van der Waals surface area contributed by atoms with Gasteiger partial charge in [0.1, 0.15) is 29.8 Å². The fraction of sp³-hybridized carbons (Fsp3) is 0.394. The fourth-order valence-corrected chi connectivity index (χ4v) is 6.03. The molecule has 1 N–H and O–H groups in total. The van der Waals surface area contributed by atoms with Crippen LogP contribution in [-0.4, -0.2) is 65.6 Å². The van der Waals surface area contributed by atoms with Crippen LogP contribution in [-0.2, 0) is 26.2 Å². The largest absolute Gasteiger partial charge is 0.497 e. The standard InChI is InChI=1S/C33H43N3O7S/c1-8-29(33(38)34-20-23(2)3)35(21-25-11-13-26(41-5)14-12-25)32(37)22-36(30-19-27(42-6)15-18-31(30)43-7)44(39,40)28-16-9-24(4)10-17-28/h9-19,23,29H,8,20-22H2,1-7H3,(H,34,38)/t29-/m1/s1. The Morgan fingerprint density at radius 3 is 2.02 bits per heavy atom. The van der Waals surface area contributed by atoms with Crippen molar-refractivity contribution in [3.8, 4) is 17.2 Å². The van der Waals surface area contributed by atoms with E-state index in [1.165, 1.54) is 37.3 Å². The Kier molecular flexibility index (Phi) is 12.0. The first-order valence-electron chi connectivity index (χ1n) is 14.5. The average molecular weight is 626 g/mol. The van der Waals surface area contributed by atoms with Crippen LogP contribution in [0, 0.1) is 12.8 Å². The van der Waals surface area contributed by atoms with Crippen LogP contribution in [0.2, 0.25) is 0 Å². The SMILES string of the molecule is CC[C@H](C(=O)NCC(C)C)N(Cc1ccc(OC)cc1)C(=O)CN(c1cc(OC)ccc1OC)S(=O)(=O)c1ccc(C)cc1. The highest BCUT2D eigenvalue weighted by atomic mass is 32.2. The van der Waals surface area contributed by atoms with Gasteiger partial charge in [-0.2, -0.15) is 0 Å². The first-order valence-corrected chi connectivity index (χ1v) is 15.9. The van der Waals surface area contributed by atoms with Gasteiger partial charge in [-0.1, -0.05) is 50.6 Å². The molecule has 0 spiro atoms. The lowest BCUT2D eigenvalue weighted by atomic mass is 10.1. The first-order chi connectivity index (χ1) is 20.9. The van der Waals surface area contributed by atoms with E-state index >= 15 is 0 Å². The van der Waals surface area contributed by atoms with Gasteiger partial charge in [-0.15, -0.1) is 0 Å². The second-order valence-electron chi connectivity index (χ2n) is 10.8. The molecular weight excluding hydrogens is 582 g/mol. The van der Waals surface area contributed by atoms with E-state index in [0.29, 0.717) is 24.5 Å². The van der Waals surface area contributed by atoms with E-state index in [0.717, 1.165) is 15.4 Å². The number of anilines is 1. The molecule has 1 atom stereocenters.